The van der Waals surface area contributed by atoms with E-state index >= 15 is 0 Å². The first-order chi connectivity index (χ1) is 14.1. The van der Waals surface area contributed by atoms with Crippen molar-refractivity contribution in [3.8, 4) is 0 Å². The summed E-state index contributed by atoms with van der Waals surface area (Å²) in [6, 6.07) is 12.1. The molecule has 154 valence electrons. The van der Waals surface area contributed by atoms with E-state index < -0.39 is 0 Å². The zero-order chi connectivity index (χ0) is 20.6. The number of carbonyl (C=O) groups excluding carboxylic acids is 1. The highest BCUT2D eigenvalue weighted by atomic mass is 32.2. The third-order valence-corrected chi connectivity index (χ3v) is 6.48. The predicted molar refractivity (Wildman–Crippen MR) is 122 cm³/mol. The van der Waals surface area contributed by atoms with Crippen molar-refractivity contribution in [1.29, 1.82) is 0 Å². The number of rotatable bonds is 10. The first-order valence-corrected chi connectivity index (χ1v) is 11.7. The van der Waals surface area contributed by atoms with Gasteiger partial charge in [0.25, 0.3) is 0 Å². The van der Waals surface area contributed by atoms with Gasteiger partial charge in [0.15, 0.2) is 5.16 Å². The Morgan fingerprint density at radius 3 is 2.52 bits per heavy atom. The fourth-order valence-electron chi connectivity index (χ4n) is 3.11. The van der Waals surface area contributed by atoms with Crippen molar-refractivity contribution >= 4 is 40.4 Å². The van der Waals surface area contributed by atoms with Crippen LogP contribution in [0.2, 0.25) is 0 Å². The van der Waals surface area contributed by atoms with Gasteiger partial charge < -0.3 is 14.8 Å². The molecule has 2 heterocycles. The van der Waals surface area contributed by atoms with Crippen molar-refractivity contribution in [1.82, 2.24) is 14.8 Å². The van der Waals surface area contributed by atoms with Crippen LogP contribution in [0.1, 0.15) is 31.5 Å². The Morgan fingerprint density at radius 2 is 1.90 bits per heavy atom. The average molecular weight is 430 g/mol. The Labute approximate surface area is 180 Å². The molecule has 3 rings (SSSR count). The van der Waals surface area contributed by atoms with Gasteiger partial charge in [-0.15, -0.1) is 21.5 Å². The molecule has 1 aromatic carbocycles. The third kappa shape index (κ3) is 5.61. The van der Waals surface area contributed by atoms with Gasteiger partial charge in [-0.25, -0.2) is 0 Å². The molecule has 0 radical (unpaired) electrons. The molecule has 1 amide bonds. The Morgan fingerprint density at radius 1 is 1.14 bits per heavy atom. The zero-order valence-electron chi connectivity index (χ0n) is 17.1. The summed E-state index contributed by atoms with van der Waals surface area (Å²) in [5.74, 6) is 1.19. The van der Waals surface area contributed by atoms with Crippen LogP contribution in [0, 0.1) is 0 Å². The number of nitrogens with one attached hydrogen (secondary N) is 1. The predicted octanol–water partition coefficient (Wildman–Crippen LogP) is 4.53. The van der Waals surface area contributed by atoms with Crippen molar-refractivity contribution in [3.05, 3.63) is 52.5 Å². The van der Waals surface area contributed by atoms with Crippen LogP contribution in [0.5, 0.6) is 0 Å². The van der Waals surface area contributed by atoms with E-state index in [-0.39, 0.29) is 5.91 Å². The molecule has 3 aromatic rings. The van der Waals surface area contributed by atoms with Crippen molar-refractivity contribution in [2.75, 3.05) is 29.1 Å². The molecular weight excluding hydrogens is 402 g/mol. The first-order valence-electron chi connectivity index (χ1n) is 9.86. The number of amides is 1. The summed E-state index contributed by atoms with van der Waals surface area (Å²) in [4.78, 5) is 15.9. The van der Waals surface area contributed by atoms with E-state index in [1.54, 1.807) is 11.3 Å². The molecule has 8 heteroatoms. The normalized spacial score (nSPS) is 10.9. The lowest BCUT2D eigenvalue weighted by atomic mass is 10.2. The van der Waals surface area contributed by atoms with Gasteiger partial charge in [0.1, 0.15) is 5.82 Å². The molecule has 0 saturated heterocycles. The number of aromatic nitrogens is 3. The van der Waals surface area contributed by atoms with E-state index in [0.29, 0.717) is 5.75 Å². The fourth-order valence-corrected chi connectivity index (χ4v) is 4.64. The van der Waals surface area contributed by atoms with Crippen LogP contribution >= 0.6 is 23.1 Å². The maximum absolute atomic E-state index is 12.4. The third-order valence-electron chi connectivity index (χ3n) is 4.63. The standard InChI is InChI=1S/C21H27N5OS2/c1-4-25(5-2)17-11-9-16(10-12-17)22-20(27)15-29-21-24-23-19(26(21)6-3)14-18-8-7-13-28-18/h7-13H,4-6,14-15H2,1-3H3,(H,22,27). The molecule has 0 saturated carbocycles. The molecule has 0 fully saturated rings. The molecule has 0 spiro atoms. The molecule has 0 aliphatic carbocycles. The fraction of sp³-hybridized carbons (Fsp3) is 0.381. The summed E-state index contributed by atoms with van der Waals surface area (Å²) in [5, 5.41) is 14.4. The number of carbonyl (C=O) groups is 1. The minimum Gasteiger partial charge on any atom is -0.372 e. The maximum atomic E-state index is 12.4. The second kappa shape index (κ2) is 10.5. The van der Waals surface area contributed by atoms with Crippen LogP contribution in [0.4, 0.5) is 11.4 Å². The van der Waals surface area contributed by atoms with Crippen LogP contribution in [-0.2, 0) is 17.8 Å². The van der Waals surface area contributed by atoms with Gasteiger partial charge in [-0.3, -0.25) is 4.79 Å². The number of hydrogen-bond acceptors (Lipinski definition) is 6. The summed E-state index contributed by atoms with van der Waals surface area (Å²) < 4.78 is 2.08. The quantitative estimate of drug-likeness (QED) is 0.480. The number of nitrogens with zero attached hydrogens (tertiary/aromatic N) is 4. The van der Waals surface area contributed by atoms with E-state index in [9.17, 15) is 4.79 Å². The van der Waals surface area contributed by atoms with Crippen molar-refractivity contribution < 1.29 is 4.79 Å². The van der Waals surface area contributed by atoms with Gasteiger partial charge >= 0.3 is 0 Å². The summed E-state index contributed by atoms with van der Waals surface area (Å²) in [6.45, 7) is 9.05. The zero-order valence-corrected chi connectivity index (χ0v) is 18.7. The van der Waals surface area contributed by atoms with Gasteiger partial charge in [-0.05, 0) is 56.5 Å². The monoisotopic (exact) mass is 429 g/mol. The molecule has 1 N–H and O–H groups in total. The van der Waals surface area contributed by atoms with Gasteiger partial charge in [0.05, 0.1) is 5.75 Å². The lowest BCUT2D eigenvalue weighted by molar-refractivity contribution is -0.113. The number of benzene rings is 1. The highest BCUT2D eigenvalue weighted by Crippen LogP contribution is 2.21. The van der Waals surface area contributed by atoms with Gasteiger partial charge in [0.2, 0.25) is 5.91 Å². The summed E-state index contributed by atoms with van der Waals surface area (Å²) in [5.41, 5.74) is 1.97. The second-order valence-electron chi connectivity index (χ2n) is 6.46. The molecule has 0 bridgehead atoms. The average Bonchev–Trinajstić information content (AvgIpc) is 3.38. The molecule has 29 heavy (non-hydrogen) atoms. The molecule has 0 unspecified atom stereocenters. The first kappa shape index (κ1) is 21.4. The maximum Gasteiger partial charge on any atom is 0.234 e. The van der Waals surface area contributed by atoms with Crippen LogP contribution in [0.15, 0.2) is 46.9 Å². The van der Waals surface area contributed by atoms with E-state index in [1.165, 1.54) is 16.6 Å². The number of hydrogen-bond donors (Lipinski definition) is 1. The SMILES string of the molecule is CCN(CC)c1ccc(NC(=O)CSc2nnc(Cc3cccs3)n2CC)cc1. The topological polar surface area (TPSA) is 63.1 Å². The number of thioether (sulfide) groups is 1. The van der Waals surface area contributed by atoms with Crippen LogP contribution < -0.4 is 10.2 Å². The number of anilines is 2. The minimum atomic E-state index is -0.0453. The second-order valence-corrected chi connectivity index (χ2v) is 8.43. The molecule has 2 aromatic heterocycles. The molecule has 0 atom stereocenters. The summed E-state index contributed by atoms with van der Waals surface area (Å²) in [7, 11) is 0. The van der Waals surface area contributed by atoms with E-state index in [0.717, 1.165) is 48.4 Å². The largest absolute Gasteiger partial charge is 0.372 e. The van der Waals surface area contributed by atoms with E-state index in [2.05, 4.69) is 57.2 Å². The summed E-state index contributed by atoms with van der Waals surface area (Å²) >= 11 is 3.14. The highest BCUT2D eigenvalue weighted by molar-refractivity contribution is 7.99. The Kier molecular flexibility index (Phi) is 7.71. The summed E-state index contributed by atoms with van der Waals surface area (Å²) in [6.07, 6.45) is 0.768. The van der Waals surface area contributed by atoms with Gasteiger partial charge in [-0.2, -0.15) is 0 Å². The van der Waals surface area contributed by atoms with Crippen LogP contribution in [0.3, 0.4) is 0 Å². The van der Waals surface area contributed by atoms with Crippen molar-refractivity contribution in [2.45, 2.75) is 38.9 Å². The minimum absolute atomic E-state index is 0.0453. The molecule has 6 nitrogen and oxygen atoms in total. The number of thiophene rings is 1. The Balaban J connectivity index is 1.56. The van der Waals surface area contributed by atoms with Gasteiger partial charge in [0, 0.05) is 42.3 Å². The van der Waals surface area contributed by atoms with E-state index in [4.69, 9.17) is 0 Å². The van der Waals surface area contributed by atoms with Crippen molar-refractivity contribution in [2.24, 2.45) is 0 Å². The molecular formula is C21H27N5OS2. The van der Waals surface area contributed by atoms with E-state index in [1.807, 2.05) is 30.3 Å². The molecule has 0 aliphatic rings. The van der Waals surface area contributed by atoms with Gasteiger partial charge in [-0.1, -0.05) is 17.8 Å². The molecule has 0 aliphatic heterocycles. The lowest BCUT2D eigenvalue weighted by Gasteiger charge is -2.21. The van der Waals surface area contributed by atoms with Crippen LogP contribution in [-0.4, -0.2) is 39.5 Å². The van der Waals surface area contributed by atoms with Crippen molar-refractivity contribution in [3.63, 3.8) is 0 Å². The highest BCUT2D eigenvalue weighted by Gasteiger charge is 2.14. The Hall–Kier alpha value is -2.32. The van der Waals surface area contributed by atoms with Crippen LogP contribution in [0.25, 0.3) is 0 Å². The Bertz CT molecular complexity index is 902. The lowest BCUT2D eigenvalue weighted by Crippen LogP contribution is -2.21. The smallest absolute Gasteiger partial charge is 0.234 e.